The fraction of sp³-hybridized carbons (Fsp3) is 0.267. The van der Waals surface area contributed by atoms with Crippen molar-refractivity contribution in [3.8, 4) is 11.5 Å². The number of rotatable bonds is 7. The Labute approximate surface area is 157 Å². The average Bonchev–Trinajstić information content (AvgIpc) is 2.98. The summed E-state index contributed by atoms with van der Waals surface area (Å²) in [5.41, 5.74) is 4.64. The number of aromatic nitrogens is 1. The first-order valence-electron chi connectivity index (χ1n) is 6.82. The van der Waals surface area contributed by atoms with E-state index in [0.717, 1.165) is 20.0 Å². The summed E-state index contributed by atoms with van der Waals surface area (Å²) in [5, 5.41) is 6.83. The van der Waals surface area contributed by atoms with Crippen LogP contribution in [0.25, 0.3) is 0 Å². The van der Waals surface area contributed by atoms with Crippen LogP contribution in [0, 0.1) is 10.5 Å². The van der Waals surface area contributed by atoms with Crippen LogP contribution in [0.5, 0.6) is 11.5 Å². The van der Waals surface area contributed by atoms with Crippen molar-refractivity contribution >= 4 is 51.2 Å². The Kier molecular flexibility index (Phi) is 6.79. The molecule has 0 aliphatic heterocycles. The summed E-state index contributed by atoms with van der Waals surface area (Å²) in [6, 6.07) is 3.64. The molecule has 24 heavy (non-hydrogen) atoms. The summed E-state index contributed by atoms with van der Waals surface area (Å²) < 4.78 is 16.2. The molecule has 0 atom stereocenters. The van der Waals surface area contributed by atoms with Gasteiger partial charge >= 0.3 is 5.97 Å². The van der Waals surface area contributed by atoms with Crippen molar-refractivity contribution in [3.63, 3.8) is 0 Å². The summed E-state index contributed by atoms with van der Waals surface area (Å²) in [7, 11) is 2.85. The topological polar surface area (TPSA) is 82.0 Å². The van der Waals surface area contributed by atoms with Crippen LogP contribution in [0.3, 0.4) is 0 Å². The normalized spacial score (nSPS) is 10.7. The van der Waals surface area contributed by atoms with Gasteiger partial charge in [0.25, 0.3) is 0 Å². The van der Waals surface area contributed by atoms with Crippen LogP contribution in [0.2, 0.25) is 0 Å². The second-order valence-corrected chi connectivity index (χ2v) is 6.58. The molecule has 7 nitrogen and oxygen atoms in total. The van der Waals surface area contributed by atoms with E-state index in [1.54, 1.807) is 12.3 Å². The fourth-order valence-corrected chi connectivity index (χ4v) is 3.13. The van der Waals surface area contributed by atoms with E-state index in [1.165, 1.54) is 25.6 Å². The highest BCUT2D eigenvalue weighted by Gasteiger charge is 2.13. The van der Waals surface area contributed by atoms with Crippen molar-refractivity contribution < 1.29 is 19.0 Å². The molecular weight excluding hydrogens is 445 g/mol. The molecule has 1 aromatic carbocycles. The number of carbonyl (C=O) groups excluding carboxylic acids is 1. The molecular formula is C15H16IN3O4S. The smallest absolute Gasteiger partial charge is 0.343 e. The molecule has 0 aliphatic rings. The van der Waals surface area contributed by atoms with Gasteiger partial charge < -0.3 is 14.2 Å². The van der Waals surface area contributed by atoms with Crippen LogP contribution >= 0.6 is 33.9 Å². The number of methoxy groups -OCH3 is 2. The van der Waals surface area contributed by atoms with Gasteiger partial charge in [-0.05, 0) is 47.2 Å². The SMILES string of the molecule is COC(=O)COc1c(I)cc(C=NNc2nc(C)cs2)cc1OC. The lowest BCUT2D eigenvalue weighted by Crippen LogP contribution is -2.13. The number of halogens is 1. The van der Waals surface area contributed by atoms with Crippen molar-refractivity contribution in [3.05, 3.63) is 32.3 Å². The maximum atomic E-state index is 11.2. The zero-order chi connectivity index (χ0) is 17.5. The monoisotopic (exact) mass is 461 g/mol. The van der Waals surface area contributed by atoms with Crippen molar-refractivity contribution in [2.24, 2.45) is 5.10 Å². The second-order valence-electron chi connectivity index (χ2n) is 4.56. The number of benzene rings is 1. The largest absolute Gasteiger partial charge is 0.493 e. The van der Waals surface area contributed by atoms with Gasteiger partial charge in [-0.15, -0.1) is 11.3 Å². The number of thiazole rings is 1. The summed E-state index contributed by atoms with van der Waals surface area (Å²) in [6.45, 7) is 1.74. The highest BCUT2D eigenvalue weighted by molar-refractivity contribution is 14.1. The van der Waals surface area contributed by atoms with Crippen LogP contribution in [0.1, 0.15) is 11.3 Å². The van der Waals surface area contributed by atoms with Crippen LogP contribution in [-0.2, 0) is 9.53 Å². The Hall–Kier alpha value is -1.88. The van der Waals surface area contributed by atoms with Crippen molar-refractivity contribution in [1.29, 1.82) is 0 Å². The molecule has 0 radical (unpaired) electrons. The van der Waals surface area contributed by atoms with Crippen LogP contribution in [-0.4, -0.2) is 38.0 Å². The summed E-state index contributed by atoms with van der Waals surface area (Å²) in [4.78, 5) is 15.5. The number of nitrogens with one attached hydrogen (secondary N) is 1. The van der Waals surface area contributed by atoms with E-state index in [2.05, 4.69) is 42.8 Å². The molecule has 0 saturated heterocycles. The molecule has 1 heterocycles. The third-order valence-corrected chi connectivity index (χ3v) is 4.47. The number of hydrazone groups is 1. The summed E-state index contributed by atoms with van der Waals surface area (Å²) >= 11 is 3.59. The first-order valence-corrected chi connectivity index (χ1v) is 8.77. The van der Waals surface area contributed by atoms with Gasteiger partial charge in [-0.3, -0.25) is 5.43 Å². The molecule has 1 N–H and O–H groups in total. The lowest BCUT2D eigenvalue weighted by molar-refractivity contribution is -0.142. The zero-order valence-electron chi connectivity index (χ0n) is 13.3. The predicted octanol–water partition coefficient (Wildman–Crippen LogP) is 3.06. The van der Waals surface area contributed by atoms with E-state index in [1.807, 2.05) is 18.4 Å². The van der Waals surface area contributed by atoms with Crippen molar-refractivity contribution in [1.82, 2.24) is 4.98 Å². The van der Waals surface area contributed by atoms with Crippen LogP contribution < -0.4 is 14.9 Å². The van der Waals surface area contributed by atoms with E-state index in [0.29, 0.717) is 11.5 Å². The van der Waals surface area contributed by atoms with Crippen molar-refractivity contribution in [2.75, 3.05) is 26.3 Å². The third kappa shape index (κ3) is 5.06. The predicted molar refractivity (Wildman–Crippen MR) is 101 cm³/mol. The lowest BCUT2D eigenvalue weighted by atomic mass is 10.2. The van der Waals surface area contributed by atoms with Crippen LogP contribution in [0.4, 0.5) is 5.13 Å². The van der Waals surface area contributed by atoms with Crippen molar-refractivity contribution in [2.45, 2.75) is 6.92 Å². The number of aryl methyl sites for hydroxylation is 1. The Balaban J connectivity index is 2.11. The Bertz CT molecular complexity index is 748. The second kappa shape index (κ2) is 8.83. The number of ether oxygens (including phenoxy) is 3. The maximum Gasteiger partial charge on any atom is 0.343 e. The first kappa shape index (κ1) is 18.5. The number of carbonyl (C=O) groups is 1. The highest BCUT2D eigenvalue weighted by Crippen LogP contribution is 2.33. The molecule has 0 unspecified atom stereocenters. The zero-order valence-corrected chi connectivity index (χ0v) is 16.3. The summed E-state index contributed by atoms with van der Waals surface area (Å²) in [5.74, 6) is 0.544. The number of anilines is 1. The Morgan fingerprint density at radius 1 is 1.46 bits per heavy atom. The Morgan fingerprint density at radius 2 is 2.25 bits per heavy atom. The van der Waals surface area contributed by atoms with Gasteiger partial charge in [-0.25, -0.2) is 9.78 Å². The number of nitrogens with zero attached hydrogens (tertiary/aromatic N) is 2. The quantitative estimate of drug-likeness (QED) is 0.296. The minimum Gasteiger partial charge on any atom is -0.493 e. The molecule has 0 aliphatic carbocycles. The average molecular weight is 461 g/mol. The van der Waals surface area contributed by atoms with E-state index >= 15 is 0 Å². The van der Waals surface area contributed by atoms with E-state index < -0.39 is 5.97 Å². The third-order valence-electron chi connectivity index (χ3n) is 2.81. The van der Waals surface area contributed by atoms with Gasteiger partial charge in [0.1, 0.15) is 0 Å². The van der Waals surface area contributed by atoms with Gasteiger partial charge in [0.05, 0.1) is 29.7 Å². The minimum absolute atomic E-state index is 0.179. The van der Waals surface area contributed by atoms with Gasteiger partial charge in [-0.2, -0.15) is 5.10 Å². The molecule has 9 heteroatoms. The Morgan fingerprint density at radius 3 is 2.88 bits per heavy atom. The van der Waals surface area contributed by atoms with Gasteiger partial charge in [0, 0.05) is 5.38 Å². The number of hydrogen-bond donors (Lipinski definition) is 1. The van der Waals surface area contributed by atoms with Gasteiger partial charge in [-0.1, -0.05) is 0 Å². The number of hydrogen-bond acceptors (Lipinski definition) is 8. The van der Waals surface area contributed by atoms with E-state index in [-0.39, 0.29) is 6.61 Å². The lowest BCUT2D eigenvalue weighted by Gasteiger charge is -2.12. The standard InChI is InChI=1S/C15H16IN3O4S/c1-9-8-24-15(18-9)19-17-6-10-4-11(16)14(12(5-10)21-2)23-7-13(20)22-3/h4-6,8H,7H2,1-3H3,(H,18,19). The van der Waals surface area contributed by atoms with Gasteiger partial charge in [0.2, 0.25) is 5.13 Å². The molecule has 1 aromatic heterocycles. The molecule has 0 fully saturated rings. The van der Waals surface area contributed by atoms with E-state index in [9.17, 15) is 4.79 Å². The van der Waals surface area contributed by atoms with E-state index in [4.69, 9.17) is 9.47 Å². The molecule has 2 aromatic rings. The maximum absolute atomic E-state index is 11.2. The molecule has 0 bridgehead atoms. The highest BCUT2D eigenvalue weighted by atomic mass is 127. The van der Waals surface area contributed by atoms with Gasteiger partial charge in [0.15, 0.2) is 18.1 Å². The molecule has 2 rings (SSSR count). The summed E-state index contributed by atoms with van der Waals surface area (Å²) in [6.07, 6.45) is 1.66. The molecule has 0 saturated carbocycles. The molecule has 0 spiro atoms. The fourth-order valence-electron chi connectivity index (χ4n) is 1.71. The minimum atomic E-state index is -0.457. The van der Waals surface area contributed by atoms with Crippen LogP contribution in [0.15, 0.2) is 22.6 Å². The molecule has 0 amide bonds. The first-order chi connectivity index (χ1) is 11.5. The molecule has 128 valence electrons. The number of esters is 1.